The van der Waals surface area contributed by atoms with Gasteiger partial charge in [0.05, 0.1) is 10.5 Å². The number of ether oxygens (including phenoxy) is 1. The number of nitrogens with one attached hydrogen (secondary N) is 2. The number of nitrogens with zero attached hydrogens (tertiary/aromatic N) is 1. The molecule has 0 saturated heterocycles. The molecule has 1 aromatic heterocycles. The Kier molecular flexibility index (Phi) is 11.7. The van der Waals surface area contributed by atoms with Crippen LogP contribution in [-0.4, -0.2) is 43.8 Å². The number of amides is 2. The summed E-state index contributed by atoms with van der Waals surface area (Å²) in [5.74, 6) is -1.30. The highest BCUT2D eigenvalue weighted by Crippen LogP contribution is 2.16. The number of benzene rings is 1. The van der Waals surface area contributed by atoms with Gasteiger partial charge in [0.15, 0.2) is 0 Å². The Labute approximate surface area is 219 Å². The van der Waals surface area contributed by atoms with E-state index < -0.39 is 21.9 Å². The second kappa shape index (κ2) is 14.5. The number of esters is 1. The molecule has 1 unspecified atom stereocenters. The molecule has 37 heavy (non-hydrogen) atoms. The lowest BCUT2D eigenvalue weighted by molar-refractivity contribution is -0.121. The van der Waals surface area contributed by atoms with Crippen LogP contribution in [0.1, 0.15) is 86.2 Å². The molecule has 1 heterocycles. The summed E-state index contributed by atoms with van der Waals surface area (Å²) in [5, 5.41) is 2.84. The summed E-state index contributed by atoms with van der Waals surface area (Å²) < 4.78 is 32.9. The SMILES string of the molecule is CCCCC(=O)NCCc1ccc(S(=O)(=O)NC(=O)c2ccc(C(=O)OC(CCC)C(C)C)nc2)cc1. The second-order valence-corrected chi connectivity index (χ2v) is 10.9. The molecule has 0 bridgehead atoms. The number of hydrogen-bond acceptors (Lipinski definition) is 7. The van der Waals surface area contributed by atoms with E-state index in [2.05, 4.69) is 10.3 Å². The summed E-state index contributed by atoms with van der Waals surface area (Å²) in [5.41, 5.74) is 0.884. The Hall–Kier alpha value is -3.27. The largest absolute Gasteiger partial charge is 0.457 e. The molecule has 0 fully saturated rings. The van der Waals surface area contributed by atoms with Crippen molar-refractivity contribution in [2.75, 3.05) is 6.54 Å². The minimum atomic E-state index is -4.12. The highest BCUT2D eigenvalue weighted by Gasteiger charge is 2.22. The summed E-state index contributed by atoms with van der Waals surface area (Å²) in [6, 6.07) is 8.76. The first kappa shape index (κ1) is 30.0. The fourth-order valence-corrected chi connectivity index (χ4v) is 4.48. The van der Waals surface area contributed by atoms with Crippen molar-refractivity contribution in [3.8, 4) is 0 Å². The maximum absolute atomic E-state index is 12.7. The number of sulfonamides is 1. The molecule has 2 amide bonds. The van der Waals surface area contributed by atoms with Crippen LogP contribution in [0.3, 0.4) is 0 Å². The van der Waals surface area contributed by atoms with E-state index in [1.54, 1.807) is 12.1 Å². The van der Waals surface area contributed by atoms with E-state index in [0.29, 0.717) is 19.4 Å². The predicted octanol–water partition coefficient (Wildman–Crippen LogP) is 4.03. The van der Waals surface area contributed by atoms with Gasteiger partial charge in [-0.1, -0.05) is 52.7 Å². The molecular weight excluding hydrogens is 494 g/mol. The zero-order valence-corrected chi connectivity index (χ0v) is 22.8. The van der Waals surface area contributed by atoms with Crippen LogP contribution in [0.5, 0.6) is 0 Å². The molecule has 2 aromatic rings. The molecule has 0 saturated carbocycles. The van der Waals surface area contributed by atoms with E-state index in [1.165, 1.54) is 24.3 Å². The quantitative estimate of drug-likeness (QED) is 0.352. The average Bonchev–Trinajstić information content (AvgIpc) is 2.87. The molecule has 10 heteroatoms. The molecule has 9 nitrogen and oxygen atoms in total. The normalized spacial score (nSPS) is 12.1. The van der Waals surface area contributed by atoms with Gasteiger partial charge in [0.1, 0.15) is 11.8 Å². The first-order valence-corrected chi connectivity index (χ1v) is 14.2. The van der Waals surface area contributed by atoms with Gasteiger partial charge in [-0.05, 0) is 55.0 Å². The van der Waals surface area contributed by atoms with Crippen molar-refractivity contribution >= 4 is 27.8 Å². The molecule has 0 spiro atoms. The van der Waals surface area contributed by atoms with Gasteiger partial charge in [-0.3, -0.25) is 9.59 Å². The van der Waals surface area contributed by atoms with E-state index in [0.717, 1.165) is 37.4 Å². The van der Waals surface area contributed by atoms with Crippen LogP contribution >= 0.6 is 0 Å². The number of carbonyl (C=O) groups is 3. The number of unbranched alkanes of at least 4 members (excludes halogenated alkanes) is 1. The zero-order valence-electron chi connectivity index (χ0n) is 22.0. The molecule has 0 aliphatic carbocycles. The number of carbonyl (C=O) groups excluding carboxylic acids is 3. The third kappa shape index (κ3) is 9.60. The van der Waals surface area contributed by atoms with Crippen LogP contribution in [0.15, 0.2) is 47.5 Å². The number of aromatic nitrogens is 1. The van der Waals surface area contributed by atoms with Crippen molar-refractivity contribution in [1.29, 1.82) is 0 Å². The molecule has 2 N–H and O–H groups in total. The summed E-state index contributed by atoms with van der Waals surface area (Å²) >= 11 is 0. The third-order valence-electron chi connectivity index (χ3n) is 5.76. The Morgan fingerprint density at radius 1 is 1.00 bits per heavy atom. The van der Waals surface area contributed by atoms with Gasteiger partial charge in [-0.25, -0.2) is 22.9 Å². The third-order valence-corrected chi connectivity index (χ3v) is 7.11. The molecular formula is C27H37N3O6S. The van der Waals surface area contributed by atoms with E-state index in [9.17, 15) is 22.8 Å². The summed E-state index contributed by atoms with van der Waals surface area (Å²) in [4.78, 5) is 40.5. The molecule has 0 aliphatic heterocycles. The van der Waals surface area contributed by atoms with E-state index in [1.807, 2.05) is 32.4 Å². The van der Waals surface area contributed by atoms with Gasteiger partial charge in [-0.2, -0.15) is 0 Å². The predicted molar refractivity (Wildman–Crippen MR) is 141 cm³/mol. The maximum atomic E-state index is 12.7. The fraction of sp³-hybridized carbons (Fsp3) is 0.481. The lowest BCUT2D eigenvalue weighted by atomic mass is 10.0. The topological polar surface area (TPSA) is 132 Å². The summed E-state index contributed by atoms with van der Waals surface area (Å²) in [7, 11) is -4.12. The Bertz CT molecular complexity index is 1150. The van der Waals surface area contributed by atoms with Crippen molar-refractivity contribution in [3.05, 3.63) is 59.4 Å². The smallest absolute Gasteiger partial charge is 0.357 e. The van der Waals surface area contributed by atoms with E-state index >= 15 is 0 Å². The minimum Gasteiger partial charge on any atom is -0.457 e. The standard InChI is InChI=1S/C27H37N3O6S/c1-5-7-9-25(31)28-17-16-20-10-13-22(14-11-20)37(34,35)30-26(32)21-12-15-23(29-18-21)27(33)36-24(8-6-2)19(3)4/h10-15,18-19,24H,5-9,16-17H2,1-4H3,(H,28,31)(H,30,32). The van der Waals surface area contributed by atoms with Crippen molar-refractivity contribution in [1.82, 2.24) is 15.0 Å². The first-order chi connectivity index (χ1) is 17.6. The Morgan fingerprint density at radius 2 is 1.70 bits per heavy atom. The maximum Gasteiger partial charge on any atom is 0.357 e. The molecule has 1 atom stereocenters. The highest BCUT2D eigenvalue weighted by molar-refractivity contribution is 7.90. The van der Waals surface area contributed by atoms with Gasteiger partial charge in [0.2, 0.25) is 5.91 Å². The molecule has 1 aromatic carbocycles. The number of rotatable bonds is 14. The van der Waals surface area contributed by atoms with Crippen LogP contribution in [0.2, 0.25) is 0 Å². The lowest BCUT2D eigenvalue weighted by Gasteiger charge is -2.20. The summed E-state index contributed by atoms with van der Waals surface area (Å²) in [6.45, 7) is 8.43. The number of hydrogen-bond donors (Lipinski definition) is 2. The molecule has 2 rings (SSSR count). The molecule has 0 radical (unpaired) electrons. The zero-order chi connectivity index (χ0) is 27.4. The fourth-order valence-electron chi connectivity index (χ4n) is 3.51. The number of pyridine rings is 1. The molecule has 0 aliphatic rings. The van der Waals surface area contributed by atoms with Crippen LogP contribution < -0.4 is 10.0 Å². The van der Waals surface area contributed by atoms with Gasteiger partial charge in [-0.15, -0.1) is 0 Å². The van der Waals surface area contributed by atoms with Crippen LogP contribution in [0.4, 0.5) is 0 Å². The van der Waals surface area contributed by atoms with E-state index in [-0.39, 0.29) is 34.1 Å². The first-order valence-electron chi connectivity index (χ1n) is 12.7. The Morgan fingerprint density at radius 3 is 2.27 bits per heavy atom. The second-order valence-electron chi connectivity index (χ2n) is 9.19. The minimum absolute atomic E-state index is 0.000536. The van der Waals surface area contributed by atoms with Gasteiger partial charge in [0.25, 0.3) is 15.9 Å². The lowest BCUT2D eigenvalue weighted by Crippen LogP contribution is -2.31. The van der Waals surface area contributed by atoms with Crippen molar-refractivity contribution in [2.24, 2.45) is 5.92 Å². The van der Waals surface area contributed by atoms with Gasteiger partial charge >= 0.3 is 5.97 Å². The van der Waals surface area contributed by atoms with Crippen LogP contribution in [0.25, 0.3) is 0 Å². The monoisotopic (exact) mass is 531 g/mol. The molecule has 202 valence electrons. The van der Waals surface area contributed by atoms with Gasteiger partial charge in [0, 0.05) is 19.2 Å². The van der Waals surface area contributed by atoms with Crippen molar-refractivity contribution < 1.29 is 27.5 Å². The summed E-state index contributed by atoms with van der Waals surface area (Å²) in [6.07, 6.45) is 5.36. The average molecular weight is 532 g/mol. The Balaban J connectivity index is 1.95. The van der Waals surface area contributed by atoms with Crippen LogP contribution in [-0.2, 0) is 26.0 Å². The van der Waals surface area contributed by atoms with Crippen LogP contribution in [0, 0.1) is 5.92 Å². The van der Waals surface area contributed by atoms with E-state index in [4.69, 9.17) is 4.74 Å². The van der Waals surface area contributed by atoms with Crippen molar-refractivity contribution in [2.45, 2.75) is 77.2 Å². The van der Waals surface area contributed by atoms with Gasteiger partial charge < -0.3 is 10.1 Å². The highest BCUT2D eigenvalue weighted by atomic mass is 32.2. The van der Waals surface area contributed by atoms with Crippen molar-refractivity contribution in [3.63, 3.8) is 0 Å².